The normalized spacial score (nSPS) is 16.6. The molecule has 1 saturated carbocycles. The van der Waals surface area contributed by atoms with E-state index in [2.05, 4.69) is 49.8 Å². The molecule has 1 aliphatic rings. The van der Waals surface area contributed by atoms with Crippen molar-refractivity contribution in [2.45, 2.75) is 32.1 Å². The highest BCUT2D eigenvalue weighted by Gasteiger charge is 2.44. The average molecular weight is 445 g/mol. The third kappa shape index (κ3) is 5.44. The molecule has 8 heteroatoms. The van der Waals surface area contributed by atoms with Crippen LogP contribution < -0.4 is 10.6 Å². The molecule has 2 N–H and O–H groups in total. The number of hydrogen-bond acceptors (Lipinski definition) is 3. The first-order valence-electron chi connectivity index (χ1n) is 9.05. The molecule has 0 saturated heterocycles. The number of nitrogens with one attached hydrogen (secondary N) is 2. The van der Waals surface area contributed by atoms with Gasteiger partial charge in [-0.05, 0) is 30.5 Å². The van der Waals surface area contributed by atoms with Gasteiger partial charge >= 0.3 is 0 Å². The van der Waals surface area contributed by atoms with Crippen molar-refractivity contribution in [2.75, 3.05) is 39.0 Å². The summed E-state index contributed by atoms with van der Waals surface area (Å²) in [6.45, 7) is 5.83. The molecule has 0 radical (unpaired) electrons. The summed E-state index contributed by atoms with van der Waals surface area (Å²) in [7, 11) is -1.52. The maximum atomic E-state index is 12.2. The Morgan fingerprint density at radius 2 is 1.96 bits per heavy atom. The van der Waals surface area contributed by atoms with Crippen LogP contribution in [0.4, 0.5) is 0 Å². The first kappa shape index (κ1) is 21.2. The van der Waals surface area contributed by atoms with Crippen LogP contribution in [0.25, 0.3) is 0 Å². The summed E-state index contributed by atoms with van der Waals surface area (Å²) in [5, 5.41) is 6.46. The highest BCUT2D eigenvalue weighted by molar-refractivity contribution is 9.10. The molecule has 0 spiro atoms. The van der Waals surface area contributed by atoms with Crippen molar-refractivity contribution in [3.63, 3.8) is 0 Å². The van der Waals surface area contributed by atoms with Crippen molar-refractivity contribution < 1.29 is 8.42 Å². The maximum absolute atomic E-state index is 12.2. The fourth-order valence-electron chi connectivity index (χ4n) is 3.05. The monoisotopic (exact) mass is 444 g/mol. The molecular formula is C18H29BrN4O2S. The molecule has 0 bridgehead atoms. The van der Waals surface area contributed by atoms with Gasteiger partial charge in [0.05, 0.1) is 5.75 Å². The number of nitrogens with zero attached hydrogens (tertiary/aromatic N) is 2. The van der Waals surface area contributed by atoms with E-state index in [1.807, 2.05) is 19.9 Å². The van der Waals surface area contributed by atoms with Gasteiger partial charge in [-0.15, -0.1) is 0 Å². The van der Waals surface area contributed by atoms with Crippen LogP contribution in [0.5, 0.6) is 0 Å². The van der Waals surface area contributed by atoms with Gasteiger partial charge in [0.25, 0.3) is 0 Å². The number of benzene rings is 1. The summed E-state index contributed by atoms with van der Waals surface area (Å²) in [6.07, 6.45) is 2.29. The van der Waals surface area contributed by atoms with Crippen LogP contribution in [-0.4, -0.2) is 57.7 Å². The summed E-state index contributed by atoms with van der Waals surface area (Å²) in [6, 6.07) is 8.42. The van der Waals surface area contributed by atoms with Crippen molar-refractivity contribution in [2.24, 2.45) is 4.99 Å². The second-order valence-electron chi connectivity index (χ2n) is 6.54. The minimum Gasteiger partial charge on any atom is -0.356 e. The molecule has 2 rings (SSSR count). The number of hydrogen-bond donors (Lipinski definition) is 2. The molecule has 26 heavy (non-hydrogen) atoms. The summed E-state index contributed by atoms with van der Waals surface area (Å²) in [5.74, 6) is 0.701. The van der Waals surface area contributed by atoms with Gasteiger partial charge in [-0.25, -0.2) is 12.7 Å². The largest absolute Gasteiger partial charge is 0.356 e. The fraction of sp³-hybridized carbons (Fsp3) is 0.611. The van der Waals surface area contributed by atoms with E-state index in [9.17, 15) is 8.42 Å². The Morgan fingerprint density at radius 3 is 2.50 bits per heavy atom. The number of aliphatic imine (C=N–C) groups is 1. The van der Waals surface area contributed by atoms with E-state index in [0.717, 1.165) is 23.9 Å². The summed E-state index contributed by atoms with van der Waals surface area (Å²) >= 11 is 3.53. The fourth-order valence-corrected chi connectivity index (χ4v) is 4.86. The van der Waals surface area contributed by atoms with E-state index in [1.165, 1.54) is 9.87 Å². The second-order valence-corrected chi connectivity index (χ2v) is 9.55. The highest BCUT2D eigenvalue weighted by Crippen LogP contribution is 2.48. The minimum absolute atomic E-state index is 0.0617. The second kappa shape index (κ2) is 9.19. The number of guanidine groups is 1. The molecule has 1 aromatic carbocycles. The van der Waals surface area contributed by atoms with Gasteiger partial charge in [-0.2, -0.15) is 0 Å². The van der Waals surface area contributed by atoms with Crippen LogP contribution in [0, 0.1) is 0 Å². The number of halogens is 1. The van der Waals surface area contributed by atoms with Crippen LogP contribution in [0.3, 0.4) is 0 Å². The maximum Gasteiger partial charge on any atom is 0.215 e. The summed E-state index contributed by atoms with van der Waals surface area (Å²) in [5.41, 5.74) is 1.47. The van der Waals surface area contributed by atoms with Gasteiger partial charge in [-0.1, -0.05) is 41.9 Å². The molecule has 0 unspecified atom stereocenters. The quantitative estimate of drug-likeness (QED) is 0.452. The number of rotatable bonds is 9. The lowest BCUT2D eigenvalue weighted by molar-refractivity contribution is 0.445. The SMILES string of the molecule is CCN(CC)S(=O)(=O)CCNC(=NC)NCC1(c2cccc(Br)c2)CC1. The van der Waals surface area contributed by atoms with Crippen molar-refractivity contribution in [1.82, 2.24) is 14.9 Å². The topological polar surface area (TPSA) is 73.8 Å². The number of sulfonamides is 1. The Balaban J connectivity index is 1.85. The Hall–Kier alpha value is -1.12. The Labute approximate surface area is 165 Å². The van der Waals surface area contributed by atoms with E-state index < -0.39 is 10.0 Å². The van der Waals surface area contributed by atoms with Crippen LogP contribution >= 0.6 is 15.9 Å². The lowest BCUT2D eigenvalue weighted by Crippen LogP contribution is -2.44. The molecular weight excluding hydrogens is 416 g/mol. The van der Waals surface area contributed by atoms with Crippen LogP contribution in [0.1, 0.15) is 32.3 Å². The zero-order valence-corrected chi connectivity index (χ0v) is 18.2. The molecule has 1 fully saturated rings. The Kier molecular flexibility index (Phi) is 7.49. The van der Waals surface area contributed by atoms with E-state index in [-0.39, 0.29) is 11.2 Å². The molecule has 6 nitrogen and oxygen atoms in total. The van der Waals surface area contributed by atoms with E-state index in [1.54, 1.807) is 7.05 Å². The minimum atomic E-state index is -3.22. The average Bonchev–Trinajstić information content (AvgIpc) is 3.40. The van der Waals surface area contributed by atoms with Crippen molar-refractivity contribution in [1.29, 1.82) is 0 Å². The highest BCUT2D eigenvalue weighted by atomic mass is 79.9. The van der Waals surface area contributed by atoms with Crippen molar-refractivity contribution in [3.8, 4) is 0 Å². The molecule has 0 atom stereocenters. The standard InChI is InChI=1S/C18H29BrN4O2S/c1-4-23(5-2)26(24,25)12-11-21-17(20-3)22-14-18(9-10-18)15-7-6-8-16(19)13-15/h6-8,13H,4-5,9-12,14H2,1-3H3,(H2,20,21,22). The lowest BCUT2D eigenvalue weighted by Gasteiger charge is -2.21. The van der Waals surface area contributed by atoms with E-state index in [0.29, 0.717) is 25.6 Å². The van der Waals surface area contributed by atoms with Gasteiger partial charge in [0, 0.05) is 43.1 Å². The first-order chi connectivity index (χ1) is 12.4. The van der Waals surface area contributed by atoms with Crippen molar-refractivity contribution in [3.05, 3.63) is 34.3 Å². The molecule has 0 heterocycles. The predicted octanol–water partition coefficient (Wildman–Crippen LogP) is 2.32. The van der Waals surface area contributed by atoms with Crippen LogP contribution in [-0.2, 0) is 15.4 Å². The third-order valence-electron chi connectivity index (χ3n) is 4.86. The molecule has 1 aliphatic carbocycles. The van der Waals surface area contributed by atoms with E-state index >= 15 is 0 Å². The summed E-state index contributed by atoms with van der Waals surface area (Å²) in [4.78, 5) is 4.21. The van der Waals surface area contributed by atoms with Crippen LogP contribution in [0.15, 0.2) is 33.7 Å². The third-order valence-corrected chi connectivity index (χ3v) is 7.38. The zero-order chi connectivity index (χ0) is 19.2. The molecule has 146 valence electrons. The molecule has 0 aliphatic heterocycles. The van der Waals surface area contributed by atoms with Crippen LogP contribution in [0.2, 0.25) is 0 Å². The Bertz CT molecular complexity index is 728. The Morgan fingerprint density at radius 1 is 1.27 bits per heavy atom. The van der Waals surface area contributed by atoms with Gasteiger partial charge in [0.2, 0.25) is 10.0 Å². The first-order valence-corrected chi connectivity index (χ1v) is 11.5. The molecule has 0 aromatic heterocycles. The van der Waals surface area contributed by atoms with Gasteiger partial charge < -0.3 is 10.6 Å². The lowest BCUT2D eigenvalue weighted by atomic mass is 9.96. The zero-order valence-electron chi connectivity index (χ0n) is 15.8. The van der Waals surface area contributed by atoms with E-state index in [4.69, 9.17) is 0 Å². The predicted molar refractivity (Wildman–Crippen MR) is 111 cm³/mol. The van der Waals surface area contributed by atoms with Gasteiger partial charge in [-0.3, -0.25) is 4.99 Å². The van der Waals surface area contributed by atoms with Gasteiger partial charge in [0.15, 0.2) is 5.96 Å². The van der Waals surface area contributed by atoms with Crippen molar-refractivity contribution >= 4 is 31.9 Å². The molecule has 0 amide bonds. The van der Waals surface area contributed by atoms with Gasteiger partial charge in [0.1, 0.15) is 0 Å². The molecule has 1 aromatic rings. The summed E-state index contributed by atoms with van der Waals surface area (Å²) < 4.78 is 27.0. The smallest absolute Gasteiger partial charge is 0.215 e.